The fraction of sp³-hybridized carbons (Fsp3) is 0.0667. The average Bonchev–Trinajstić information content (AvgIpc) is 2.84. The van der Waals surface area contributed by atoms with E-state index in [1.54, 1.807) is 18.3 Å². The van der Waals surface area contributed by atoms with E-state index in [1.807, 2.05) is 30.3 Å². The molecule has 0 amide bonds. The molecule has 0 radical (unpaired) electrons. The zero-order valence-corrected chi connectivity index (χ0v) is 11.1. The maximum absolute atomic E-state index is 9.11. The van der Waals surface area contributed by atoms with Crippen molar-refractivity contribution in [3.8, 4) is 11.8 Å². The van der Waals surface area contributed by atoms with Crippen molar-refractivity contribution in [2.24, 2.45) is 0 Å². The Labute approximate surface area is 120 Å². The topological polar surface area (TPSA) is 59.0 Å². The Bertz CT molecular complexity index is 805. The van der Waals surface area contributed by atoms with Crippen molar-refractivity contribution in [2.45, 2.75) is 6.61 Å². The van der Waals surface area contributed by atoms with Gasteiger partial charge in [-0.2, -0.15) is 5.26 Å². The highest BCUT2D eigenvalue weighted by Gasteiger charge is 2.15. The number of rotatable bonds is 3. The zero-order valence-electron chi connectivity index (χ0n) is 10.3. The first kappa shape index (κ1) is 12.5. The molecule has 2 heterocycles. The first-order chi connectivity index (χ1) is 9.79. The third kappa shape index (κ3) is 2.20. The van der Waals surface area contributed by atoms with Crippen LogP contribution in [0.3, 0.4) is 0 Å². The minimum atomic E-state index is 0.159. The van der Waals surface area contributed by atoms with Crippen LogP contribution in [-0.2, 0) is 6.61 Å². The molecule has 0 unspecified atom stereocenters. The van der Waals surface area contributed by atoms with Gasteiger partial charge in [0.2, 0.25) is 5.76 Å². The van der Waals surface area contributed by atoms with Crippen LogP contribution < -0.4 is 4.74 Å². The molecule has 3 rings (SSSR count). The van der Waals surface area contributed by atoms with E-state index in [-0.39, 0.29) is 12.4 Å². The lowest BCUT2D eigenvalue weighted by atomic mass is 10.2. The van der Waals surface area contributed by atoms with E-state index in [0.29, 0.717) is 16.5 Å². The number of furan rings is 1. The number of aromatic nitrogens is 1. The van der Waals surface area contributed by atoms with Crippen molar-refractivity contribution in [1.29, 1.82) is 5.26 Å². The number of nitrogens with zero attached hydrogens (tertiary/aromatic N) is 2. The van der Waals surface area contributed by atoms with Crippen LogP contribution in [0, 0.1) is 11.3 Å². The number of benzene rings is 1. The maximum atomic E-state index is 9.11. The number of para-hydroxylation sites is 1. The molecule has 0 fully saturated rings. The van der Waals surface area contributed by atoms with Crippen LogP contribution in [0.2, 0.25) is 5.15 Å². The predicted octanol–water partition coefficient (Wildman–Crippen LogP) is 3.93. The van der Waals surface area contributed by atoms with Crippen molar-refractivity contribution < 1.29 is 9.15 Å². The molecule has 20 heavy (non-hydrogen) atoms. The molecule has 5 heteroatoms. The summed E-state index contributed by atoms with van der Waals surface area (Å²) in [5.74, 6) is 0.592. The first-order valence-electron chi connectivity index (χ1n) is 5.93. The molecular weight excluding hydrogens is 276 g/mol. The van der Waals surface area contributed by atoms with Crippen molar-refractivity contribution in [3.05, 3.63) is 59.1 Å². The fourth-order valence-electron chi connectivity index (χ4n) is 1.92. The van der Waals surface area contributed by atoms with E-state index < -0.39 is 0 Å². The summed E-state index contributed by atoms with van der Waals surface area (Å²) in [6, 6.07) is 12.9. The van der Waals surface area contributed by atoms with Gasteiger partial charge in [0, 0.05) is 11.8 Å². The Morgan fingerprint density at radius 1 is 1.25 bits per heavy atom. The average molecular weight is 285 g/mol. The van der Waals surface area contributed by atoms with Gasteiger partial charge >= 0.3 is 0 Å². The molecule has 98 valence electrons. The molecule has 0 atom stereocenters. The second-order valence-electron chi connectivity index (χ2n) is 4.11. The van der Waals surface area contributed by atoms with Crippen molar-refractivity contribution in [1.82, 2.24) is 4.98 Å². The summed E-state index contributed by atoms with van der Waals surface area (Å²) < 4.78 is 11.1. The van der Waals surface area contributed by atoms with Gasteiger partial charge in [-0.25, -0.2) is 4.98 Å². The lowest BCUT2D eigenvalue weighted by molar-refractivity contribution is 0.303. The van der Waals surface area contributed by atoms with Gasteiger partial charge < -0.3 is 9.15 Å². The predicted molar refractivity (Wildman–Crippen MR) is 74.5 cm³/mol. The largest absolute Gasteiger partial charge is 0.483 e. The van der Waals surface area contributed by atoms with Gasteiger partial charge in [-0.3, -0.25) is 0 Å². The number of nitriles is 1. The highest BCUT2D eigenvalue weighted by atomic mass is 35.5. The molecule has 0 saturated carbocycles. The molecule has 4 nitrogen and oxygen atoms in total. The Morgan fingerprint density at radius 3 is 2.90 bits per heavy atom. The van der Waals surface area contributed by atoms with Crippen LogP contribution in [0.5, 0.6) is 5.75 Å². The van der Waals surface area contributed by atoms with E-state index in [9.17, 15) is 0 Å². The maximum Gasteiger partial charge on any atom is 0.246 e. The molecular formula is C15H9ClN2O2. The first-order valence-corrected chi connectivity index (χ1v) is 6.31. The van der Waals surface area contributed by atoms with Crippen LogP contribution >= 0.6 is 11.6 Å². The molecule has 0 aliphatic carbocycles. The molecule has 0 saturated heterocycles. The number of pyridine rings is 1. The minimum Gasteiger partial charge on any atom is -0.483 e. The van der Waals surface area contributed by atoms with Gasteiger partial charge in [0.25, 0.3) is 0 Å². The van der Waals surface area contributed by atoms with E-state index in [1.165, 1.54) is 0 Å². The lowest BCUT2D eigenvalue weighted by Crippen LogP contribution is -1.97. The van der Waals surface area contributed by atoms with Gasteiger partial charge in [0.1, 0.15) is 23.4 Å². The Hall–Kier alpha value is -2.51. The van der Waals surface area contributed by atoms with Gasteiger partial charge in [0.15, 0.2) is 5.75 Å². The monoisotopic (exact) mass is 284 g/mol. The second kappa shape index (κ2) is 5.24. The summed E-state index contributed by atoms with van der Waals surface area (Å²) in [5, 5.41) is 10.3. The summed E-state index contributed by atoms with van der Waals surface area (Å²) >= 11 is 5.98. The van der Waals surface area contributed by atoms with E-state index in [4.69, 9.17) is 26.0 Å². The number of halogens is 1. The van der Waals surface area contributed by atoms with Gasteiger partial charge in [0.05, 0.1) is 5.39 Å². The van der Waals surface area contributed by atoms with Crippen molar-refractivity contribution >= 4 is 22.6 Å². The Balaban J connectivity index is 1.95. The molecule has 2 aromatic heterocycles. The zero-order chi connectivity index (χ0) is 13.9. The summed E-state index contributed by atoms with van der Waals surface area (Å²) in [6.45, 7) is 0.227. The van der Waals surface area contributed by atoms with Crippen molar-refractivity contribution in [2.75, 3.05) is 0 Å². The Morgan fingerprint density at radius 2 is 2.10 bits per heavy atom. The fourth-order valence-corrected chi connectivity index (χ4v) is 2.09. The molecule has 0 spiro atoms. The van der Waals surface area contributed by atoms with Crippen LogP contribution in [0.25, 0.3) is 11.0 Å². The standard InChI is InChI=1S/C15H9ClN2O2/c16-15-10(4-3-7-18-15)9-19-14-11-5-1-2-6-12(11)20-13(14)8-17/h1-7H,9H2. The summed E-state index contributed by atoms with van der Waals surface area (Å²) in [4.78, 5) is 3.98. The minimum absolute atomic E-state index is 0.159. The van der Waals surface area contributed by atoms with Crippen molar-refractivity contribution in [3.63, 3.8) is 0 Å². The number of ether oxygens (including phenoxy) is 1. The van der Waals surface area contributed by atoms with Gasteiger partial charge in [-0.15, -0.1) is 0 Å². The van der Waals surface area contributed by atoms with E-state index in [0.717, 1.165) is 10.9 Å². The molecule has 1 aromatic carbocycles. The molecule has 3 aromatic rings. The van der Waals surface area contributed by atoms with Crippen LogP contribution in [0.1, 0.15) is 11.3 Å². The summed E-state index contributed by atoms with van der Waals surface area (Å²) in [6.07, 6.45) is 1.61. The number of hydrogen-bond acceptors (Lipinski definition) is 4. The normalized spacial score (nSPS) is 10.4. The third-order valence-electron chi connectivity index (χ3n) is 2.86. The lowest BCUT2D eigenvalue weighted by Gasteiger charge is -2.05. The second-order valence-corrected chi connectivity index (χ2v) is 4.47. The molecule has 0 N–H and O–H groups in total. The van der Waals surface area contributed by atoms with Crippen LogP contribution in [-0.4, -0.2) is 4.98 Å². The molecule has 0 aliphatic rings. The smallest absolute Gasteiger partial charge is 0.246 e. The van der Waals surface area contributed by atoms with Crippen LogP contribution in [0.15, 0.2) is 47.0 Å². The molecule has 0 bridgehead atoms. The number of fused-ring (bicyclic) bond motifs is 1. The molecule has 0 aliphatic heterocycles. The van der Waals surface area contributed by atoms with E-state index in [2.05, 4.69) is 4.98 Å². The van der Waals surface area contributed by atoms with Crippen LogP contribution in [0.4, 0.5) is 0 Å². The number of hydrogen-bond donors (Lipinski definition) is 0. The highest BCUT2D eigenvalue weighted by molar-refractivity contribution is 6.30. The quantitative estimate of drug-likeness (QED) is 0.684. The van der Waals surface area contributed by atoms with Gasteiger partial charge in [-0.05, 0) is 18.2 Å². The summed E-state index contributed by atoms with van der Waals surface area (Å²) in [5.41, 5.74) is 1.37. The highest BCUT2D eigenvalue weighted by Crippen LogP contribution is 2.33. The SMILES string of the molecule is N#Cc1oc2ccccc2c1OCc1cccnc1Cl. The Kier molecular flexibility index (Phi) is 3.28. The van der Waals surface area contributed by atoms with Gasteiger partial charge in [-0.1, -0.05) is 29.8 Å². The van der Waals surface area contributed by atoms with E-state index >= 15 is 0 Å². The third-order valence-corrected chi connectivity index (χ3v) is 3.20. The summed E-state index contributed by atoms with van der Waals surface area (Å²) in [7, 11) is 0.